The summed E-state index contributed by atoms with van der Waals surface area (Å²) in [5.74, 6) is -0.0658. The van der Waals surface area contributed by atoms with E-state index in [1.54, 1.807) is 19.2 Å². The van der Waals surface area contributed by atoms with E-state index in [4.69, 9.17) is 0 Å². The maximum Gasteiger partial charge on any atom is 0.243 e. The summed E-state index contributed by atoms with van der Waals surface area (Å²) in [6.07, 6.45) is 2.01. The van der Waals surface area contributed by atoms with E-state index in [1.165, 1.54) is 16.1 Å². The highest BCUT2D eigenvalue weighted by Gasteiger charge is 2.24. The molecule has 0 saturated heterocycles. The van der Waals surface area contributed by atoms with E-state index >= 15 is 0 Å². The number of nitrogens with one attached hydrogen (secondary N) is 1. The van der Waals surface area contributed by atoms with Crippen LogP contribution in [0, 0.1) is 0 Å². The molecule has 9 heteroatoms. The van der Waals surface area contributed by atoms with Gasteiger partial charge in [-0.1, -0.05) is 39.0 Å². The molecule has 0 aliphatic carbocycles. The molecular weight excluding hydrogens is 396 g/mol. The lowest BCUT2D eigenvalue weighted by molar-refractivity contribution is -0.119. The highest BCUT2D eigenvalue weighted by Crippen LogP contribution is 2.30. The van der Waals surface area contributed by atoms with Crippen LogP contribution in [0.15, 0.2) is 28.3 Å². The molecule has 1 aromatic carbocycles. The molecule has 0 radical (unpaired) electrons. The molecular formula is C19H30N4O3S2. The van der Waals surface area contributed by atoms with Crippen molar-refractivity contribution in [1.82, 2.24) is 19.2 Å². The monoisotopic (exact) mass is 426 g/mol. The number of benzene rings is 1. The van der Waals surface area contributed by atoms with Crippen LogP contribution in [0.1, 0.15) is 40.5 Å². The fourth-order valence-electron chi connectivity index (χ4n) is 3.00. The van der Waals surface area contributed by atoms with Crippen molar-refractivity contribution in [2.75, 3.05) is 20.1 Å². The standard InChI is InChI=1S/C19H30N4O3S2/c1-6-9-12-23-17-11-10-15(28(25,26)22(7-2)8-3)13-16(17)21-19(23)27-14(4)18(24)20-5/h10-11,13-14H,6-9,12H2,1-5H3,(H,20,24)/t14-/m1/s1. The third-order valence-electron chi connectivity index (χ3n) is 4.66. The summed E-state index contributed by atoms with van der Waals surface area (Å²) in [5, 5.41) is 3.10. The lowest BCUT2D eigenvalue weighted by Gasteiger charge is -2.18. The summed E-state index contributed by atoms with van der Waals surface area (Å²) in [5.41, 5.74) is 1.52. The van der Waals surface area contributed by atoms with Crippen molar-refractivity contribution in [1.29, 1.82) is 0 Å². The van der Waals surface area contributed by atoms with Crippen LogP contribution in [0.4, 0.5) is 0 Å². The van der Waals surface area contributed by atoms with Gasteiger partial charge in [-0.05, 0) is 31.5 Å². The predicted molar refractivity (Wildman–Crippen MR) is 114 cm³/mol. The first-order chi connectivity index (χ1) is 13.3. The van der Waals surface area contributed by atoms with E-state index in [0.717, 1.165) is 30.1 Å². The van der Waals surface area contributed by atoms with Crippen LogP contribution in [-0.4, -0.2) is 53.6 Å². The van der Waals surface area contributed by atoms with Crippen molar-refractivity contribution < 1.29 is 13.2 Å². The fourth-order valence-corrected chi connectivity index (χ4v) is 5.49. The number of amides is 1. The second-order valence-electron chi connectivity index (χ2n) is 6.51. The molecule has 156 valence electrons. The number of hydrogen-bond acceptors (Lipinski definition) is 5. The molecule has 1 aromatic heterocycles. The van der Waals surface area contributed by atoms with Crippen LogP contribution in [0.2, 0.25) is 0 Å². The number of unbranched alkanes of at least 4 members (excludes halogenated alkanes) is 1. The number of aryl methyl sites for hydroxylation is 1. The van der Waals surface area contributed by atoms with Gasteiger partial charge in [-0.2, -0.15) is 4.31 Å². The molecule has 1 heterocycles. The van der Waals surface area contributed by atoms with Gasteiger partial charge in [0.25, 0.3) is 0 Å². The first kappa shape index (κ1) is 22.7. The van der Waals surface area contributed by atoms with Gasteiger partial charge in [0.1, 0.15) is 0 Å². The molecule has 0 fully saturated rings. The molecule has 0 bridgehead atoms. The van der Waals surface area contributed by atoms with Gasteiger partial charge in [-0.3, -0.25) is 4.79 Å². The van der Waals surface area contributed by atoms with E-state index in [0.29, 0.717) is 18.6 Å². The topological polar surface area (TPSA) is 84.3 Å². The summed E-state index contributed by atoms with van der Waals surface area (Å²) in [4.78, 5) is 16.8. The average Bonchev–Trinajstić information content (AvgIpc) is 3.02. The SMILES string of the molecule is CCCCn1c(S[C@H](C)C(=O)NC)nc2cc(S(=O)(=O)N(CC)CC)ccc21. The van der Waals surface area contributed by atoms with Gasteiger partial charge >= 0.3 is 0 Å². The van der Waals surface area contributed by atoms with Crippen molar-refractivity contribution in [3.8, 4) is 0 Å². The zero-order valence-electron chi connectivity index (χ0n) is 17.2. The largest absolute Gasteiger partial charge is 0.358 e. The number of carbonyl (C=O) groups excluding carboxylic acids is 1. The Kier molecular flexibility index (Phi) is 7.91. The summed E-state index contributed by atoms with van der Waals surface area (Å²) >= 11 is 1.39. The highest BCUT2D eigenvalue weighted by atomic mass is 32.2. The Morgan fingerprint density at radius 1 is 1.29 bits per heavy atom. The van der Waals surface area contributed by atoms with Gasteiger partial charge in [0.15, 0.2) is 5.16 Å². The Hall–Kier alpha value is -1.58. The molecule has 0 aliphatic rings. The molecule has 0 saturated carbocycles. The fraction of sp³-hybridized carbons (Fsp3) is 0.579. The Labute approximate surface area is 171 Å². The zero-order chi connectivity index (χ0) is 20.9. The van der Waals surface area contributed by atoms with Gasteiger partial charge < -0.3 is 9.88 Å². The zero-order valence-corrected chi connectivity index (χ0v) is 18.9. The number of nitrogens with zero attached hydrogens (tertiary/aromatic N) is 3. The Morgan fingerprint density at radius 3 is 2.54 bits per heavy atom. The third-order valence-corrected chi connectivity index (χ3v) is 7.80. The molecule has 7 nitrogen and oxygen atoms in total. The number of aromatic nitrogens is 2. The van der Waals surface area contributed by atoms with Crippen LogP contribution in [0.5, 0.6) is 0 Å². The first-order valence-corrected chi connectivity index (χ1v) is 12.0. The number of carbonyl (C=O) groups is 1. The van der Waals surface area contributed by atoms with Crippen LogP contribution >= 0.6 is 11.8 Å². The first-order valence-electron chi connectivity index (χ1n) is 9.68. The normalized spacial score (nSPS) is 13.2. The van der Waals surface area contributed by atoms with Gasteiger partial charge in [0.2, 0.25) is 15.9 Å². The number of sulfonamides is 1. The van der Waals surface area contributed by atoms with Crippen molar-refractivity contribution in [3.63, 3.8) is 0 Å². The van der Waals surface area contributed by atoms with E-state index in [-0.39, 0.29) is 16.1 Å². The number of fused-ring (bicyclic) bond motifs is 1. The lowest BCUT2D eigenvalue weighted by Crippen LogP contribution is -2.30. The molecule has 0 spiro atoms. The third kappa shape index (κ3) is 4.69. The number of imidazole rings is 1. The van der Waals surface area contributed by atoms with Crippen molar-refractivity contribution in [2.24, 2.45) is 0 Å². The molecule has 0 aliphatic heterocycles. The summed E-state index contributed by atoms with van der Waals surface area (Å²) < 4.78 is 29.2. The number of thioether (sulfide) groups is 1. The molecule has 0 unspecified atom stereocenters. The average molecular weight is 427 g/mol. The molecule has 2 aromatic rings. The summed E-state index contributed by atoms with van der Waals surface area (Å²) in [7, 11) is -1.93. The van der Waals surface area contributed by atoms with Crippen molar-refractivity contribution in [2.45, 2.75) is 62.4 Å². The molecule has 28 heavy (non-hydrogen) atoms. The minimum absolute atomic E-state index is 0.0658. The van der Waals surface area contributed by atoms with Crippen molar-refractivity contribution >= 4 is 38.7 Å². The second kappa shape index (κ2) is 9.76. The maximum atomic E-state index is 12.8. The van der Waals surface area contributed by atoms with Gasteiger partial charge in [0, 0.05) is 26.7 Å². The molecule has 2 rings (SSSR count). The van der Waals surface area contributed by atoms with Crippen molar-refractivity contribution in [3.05, 3.63) is 18.2 Å². The van der Waals surface area contributed by atoms with E-state index in [2.05, 4.69) is 21.8 Å². The second-order valence-corrected chi connectivity index (χ2v) is 9.76. The highest BCUT2D eigenvalue weighted by molar-refractivity contribution is 8.00. The van der Waals surface area contributed by atoms with Crippen LogP contribution in [0.25, 0.3) is 11.0 Å². The Bertz CT molecular complexity index is 921. The predicted octanol–water partition coefficient (Wildman–Crippen LogP) is 3.09. The Morgan fingerprint density at radius 2 is 1.96 bits per heavy atom. The molecule has 1 amide bonds. The van der Waals surface area contributed by atoms with Gasteiger partial charge in [-0.15, -0.1) is 0 Å². The molecule has 1 atom stereocenters. The van der Waals surface area contributed by atoms with E-state index < -0.39 is 10.0 Å². The number of rotatable bonds is 10. The summed E-state index contributed by atoms with van der Waals surface area (Å²) in [6.45, 7) is 9.23. The quantitative estimate of drug-likeness (QED) is 0.590. The van der Waals surface area contributed by atoms with E-state index in [1.807, 2.05) is 26.8 Å². The minimum Gasteiger partial charge on any atom is -0.358 e. The van der Waals surface area contributed by atoms with Crippen LogP contribution in [-0.2, 0) is 21.4 Å². The van der Waals surface area contributed by atoms with E-state index in [9.17, 15) is 13.2 Å². The lowest BCUT2D eigenvalue weighted by atomic mass is 10.3. The Balaban J connectivity index is 2.51. The smallest absolute Gasteiger partial charge is 0.243 e. The van der Waals surface area contributed by atoms with Gasteiger partial charge in [0.05, 0.1) is 21.2 Å². The molecule has 1 N–H and O–H groups in total. The van der Waals surface area contributed by atoms with Crippen LogP contribution in [0.3, 0.4) is 0 Å². The number of hydrogen-bond donors (Lipinski definition) is 1. The minimum atomic E-state index is -3.54. The van der Waals surface area contributed by atoms with Crippen LogP contribution < -0.4 is 5.32 Å². The maximum absolute atomic E-state index is 12.8. The summed E-state index contributed by atoms with van der Waals surface area (Å²) in [6, 6.07) is 5.11. The van der Waals surface area contributed by atoms with Gasteiger partial charge in [-0.25, -0.2) is 13.4 Å².